The van der Waals surface area contributed by atoms with Crippen LogP contribution in [0, 0.1) is 5.41 Å². The standard InChI is InChI=1S/C14H22N2O5S/c1-16-9-11(8-12(16)13(17)18)22(19,20)15-7-6-14(10-21-2)4-3-5-14/h8-9,15H,3-7,10H2,1-2H3,(H,17,18). The Hall–Kier alpha value is -1.38. The van der Waals surface area contributed by atoms with Crippen LogP contribution in [-0.2, 0) is 21.8 Å². The van der Waals surface area contributed by atoms with Gasteiger partial charge < -0.3 is 14.4 Å². The number of methoxy groups -OCH3 is 1. The van der Waals surface area contributed by atoms with E-state index in [1.807, 2.05) is 0 Å². The van der Waals surface area contributed by atoms with E-state index in [1.165, 1.54) is 23.9 Å². The third-order valence-corrected chi connectivity index (χ3v) is 5.75. The SMILES string of the molecule is COCC1(CCNS(=O)(=O)c2cc(C(=O)O)n(C)c2)CCC1. The van der Waals surface area contributed by atoms with Crippen molar-refractivity contribution < 1.29 is 23.1 Å². The first-order valence-corrected chi connectivity index (χ1v) is 8.66. The van der Waals surface area contributed by atoms with Crippen molar-refractivity contribution in [3.8, 4) is 0 Å². The van der Waals surface area contributed by atoms with Gasteiger partial charge in [0.1, 0.15) is 10.6 Å². The Kier molecular flexibility index (Phi) is 4.93. The molecule has 1 aliphatic carbocycles. The molecule has 1 aromatic heterocycles. The predicted molar refractivity (Wildman–Crippen MR) is 80.3 cm³/mol. The number of aryl methyl sites for hydroxylation is 1. The van der Waals surface area contributed by atoms with Gasteiger partial charge in [-0.2, -0.15) is 0 Å². The minimum absolute atomic E-state index is 0.0261. The Balaban J connectivity index is 1.99. The number of rotatable bonds is 8. The molecule has 22 heavy (non-hydrogen) atoms. The fraction of sp³-hybridized carbons (Fsp3) is 0.643. The van der Waals surface area contributed by atoms with E-state index in [-0.39, 0.29) is 16.0 Å². The first-order chi connectivity index (χ1) is 10.3. The number of hydrogen-bond donors (Lipinski definition) is 2. The summed E-state index contributed by atoms with van der Waals surface area (Å²) in [5.41, 5.74) is 0.0235. The van der Waals surface area contributed by atoms with E-state index in [1.54, 1.807) is 7.11 Å². The van der Waals surface area contributed by atoms with Crippen molar-refractivity contribution in [1.82, 2.24) is 9.29 Å². The van der Waals surface area contributed by atoms with Gasteiger partial charge in [-0.3, -0.25) is 0 Å². The second-order valence-electron chi connectivity index (χ2n) is 5.91. The molecule has 0 aliphatic heterocycles. The molecule has 0 bridgehead atoms. The molecule has 1 aromatic rings. The second kappa shape index (κ2) is 6.39. The molecule has 7 nitrogen and oxygen atoms in total. The summed E-state index contributed by atoms with van der Waals surface area (Å²) in [5, 5.41) is 8.98. The maximum atomic E-state index is 12.2. The van der Waals surface area contributed by atoms with E-state index >= 15 is 0 Å². The fourth-order valence-corrected chi connectivity index (χ4v) is 3.98. The van der Waals surface area contributed by atoms with E-state index in [4.69, 9.17) is 9.84 Å². The lowest BCUT2D eigenvalue weighted by molar-refractivity contribution is 0.0118. The van der Waals surface area contributed by atoms with Crippen molar-refractivity contribution in [2.24, 2.45) is 12.5 Å². The van der Waals surface area contributed by atoms with Crippen LogP contribution in [0.15, 0.2) is 17.2 Å². The summed E-state index contributed by atoms with van der Waals surface area (Å²) in [6.07, 6.45) is 5.28. The lowest BCUT2D eigenvalue weighted by atomic mass is 9.67. The summed E-state index contributed by atoms with van der Waals surface area (Å²) >= 11 is 0. The average molecular weight is 330 g/mol. The van der Waals surface area contributed by atoms with E-state index in [0.29, 0.717) is 13.2 Å². The van der Waals surface area contributed by atoms with E-state index in [0.717, 1.165) is 25.7 Å². The molecule has 0 saturated heterocycles. The zero-order valence-corrected chi connectivity index (χ0v) is 13.6. The molecule has 0 aromatic carbocycles. The Morgan fingerprint density at radius 3 is 2.64 bits per heavy atom. The number of nitrogens with one attached hydrogen (secondary N) is 1. The molecule has 0 atom stereocenters. The summed E-state index contributed by atoms with van der Waals surface area (Å²) < 4.78 is 33.5. The Morgan fingerprint density at radius 1 is 1.50 bits per heavy atom. The summed E-state index contributed by atoms with van der Waals surface area (Å²) in [5.74, 6) is -1.16. The van der Waals surface area contributed by atoms with Crippen LogP contribution in [0.25, 0.3) is 0 Å². The molecule has 2 N–H and O–H groups in total. The summed E-state index contributed by atoms with van der Waals surface area (Å²) in [6.45, 7) is 0.965. The average Bonchev–Trinajstić information content (AvgIpc) is 2.79. The molecule has 0 amide bonds. The molecule has 2 rings (SSSR count). The number of carbonyl (C=O) groups is 1. The largest absolute Gasteiger partial charge is 0.477 e. The highest BCUT2D eigenvalue weighted by Gasteiger charge is 2.36. The molecule has 124 valence electrons. The van der Waals surface area contributed by atoms with Crippen LogP contribution in [0.5, 0.6) is 0 Å². The predicted octanol–water partition coefficient (Wildman–Crippen LogP) is 1.21. The van der Waals surface area contributed by atoms with Gasteiger partial charge >= 0.3 is 5.97 Å². The molecule has 1 heterocycles. The molecule has 0 radical (unpaired) electrons. The van der Waals surface area contributed by atoms with Gasteiger partial charge in [-0.05, 0) is 30.7 Å². The van der Waals surface area contributed by atoms with E-state index in [9.17, 15) is 13.2 Å². The smallest absolute Gasteiger partial charge is 0.352 e. The first kappa shape index (κ1) is 17.0. The minimum atomic E-state index is -3.69. The van der Waals surface area contributed by atoms with Crippen molar-refractivity contribution in [2.75, 3.05) is 20.3 Å². The monoisotopic (exact) mass is 330 g/mol. The van der Waals surface area contributed by atoms with Crippen molar-refractivity contribution >= 4 is 16.0 Å². The topological polar surface area (TPSA) is 97.6 Å². The number of carboxylic acids is 1. The molecule has 1 fully saturated rings. The molecule has 0 unspecified atom stereocenters. The molecule has 1 aliphatic rings. The zero-order chi connectivity index (χ0) is 16.4. The Bertz CT molecular complexity index is 646. The van der Waals surface area contributed by atoms with Crippen LogP contribution in [0.2, 0.25) is 0 Å². The van der Waals surface area contributed by atoms with E-state index < -0.39 is 16.0 Å². The molecule has 0 spiro atoms. The van der Waals surface area contributed by atoms with Crippen molar-refractivity contribution in [2.45, 2.75) is 30.6 Å². The number of aromatic nitrogens is 1. The van der Waals surface area contributed by atoms with Crippen LogP contribution in [0.1, 0.15) is 36.2 Å². The third-order valence-electron chi connectivity index (χ3n) is 4.32. The van der Waals surface area contributed by atoms with Crippen molar-refractivity contribution in [1.29, 1.82) is 0 Å². The van der Waals surface area contributed by atoms with Gasteiger partial charge in [-0.25, -0.2) is 17.9 Å². The maximum absolute atomic E-state index is 12.2. The van der Waals surface area contributed by atoms with Crippen LogP contribution in [0.4, 0.5) is 0 Å². The van der Waals surface area contributed by atoms with Crippen LogP contribution < -0.4 is 4.72 Å². The number of aromatic carboxylic acids is 1. The molecular formula is C14H22N2O5S. The van der Waals surface area contributed by atoms with E-state index in [2.05, 4.69) is 4.72 Å². The highest BCUT2D eigenvalue weighted by Crippen LogP contribution is 2.43. The van der Waals surface area contributed by atoms with Gasteiger partial charge in [0.2, 0.25) is 10.0 Å². The van der Waals surface area contributed by atoms with Crippen LogP contribution in [-0.4, -0.2) is 44.3 Å². The number of hydrogen-bond acceptors (Lipinski definition) is 4. The van der Waals surface area contributed by atoms with Crippen molar-refractivity contribution in [3.63, 3.8) is 0 Å². The number of nitrogens with zero attached hydrogens (tertiary/aromatic N) is 1. The lowest BCUT2D eigenvalue weighted by Gasteiger charge is -2.41. The molecular weight excluding hydrogens is 308 g/mol. The zero-order valence-electron chi connectivity index (χ0n) is 12.8. The highest BCUT2D eigenvalue weighted by molar-refractivity contribution is 7.89. The van der Waals surface area contributed by atoms with Crippen molar-refractivity contribution in [3.05, 3.63) is 18.0 Å². The number of sulfonamides is 1. The first-order valence-electron chi connectivity index (χ1n) is 7.18. The summed E-state index contributed by atoms with van der Waals surface area (Å²) in [4.78, 5) is 10.9. The second-order valence-corrected chi connectivity index (χ2v) is 7.68. The molecule has 8 heteroatoms. The highest BCUT2D eigenvalue weighted by atomic mass is 32.2. The summed E-state index contributed by atoms with van der Waals surface area (Å²) in [7, 11) is -0.533. The maximum Gasteiger partial charge on any atom is 0.352 e. The van der Waals surface area contributed by atoms with Gasteiger partial charge in [0, 0.05) is 26.9 Å². The third kappa shape index (κ3) is 3.50. The quantitative estimate of drug-likeness (QED) is 0.746. The van der Waals surface area contributed by atoms with Gasteiger partial charge in [0.25, 0.3) is 0 Å². The van der Waals surface area contributed by atoms with Gasteiger partial charge in [-0.15, -0.1) is 0 Å². The Morgan fingerprint density at radius 2 is 2.18 bits per heavy atom. The van der Waals surface area contributed by atoms with Gasteiger partial charge in [0.15, 0.2) is 0 Å². The van der Waals surface area contributed by atoms with Gasteiger partial charge in [0.05, 0.1) is 6.61 Å². The minimum Gasteiger partial charge on any atom is -0.477 e. The normalized spacial score (nSPS) is 17.2. The molecule has 1 saturated carbocycles. The lowest BCUT2D eigenvalue weighted by Crippen LogP contribution is -2.38. The van der Waals surface area contributed by atoms with Crippen LogP contribution in [0.3, 0.4) is 0 Å². The number of carboxylic acid groups (broad SMARTS) is 1. The Labute approximate surface area is 130 Å². The van der Waals surface area contributed by atoms with Crippen LogP contribution >= 0.6 is 0 Å². The van der Waals surface area contributed by atoms with Gasteiger partial charge in [-0.1, -0.05) is 6.42 Å². The fourth-order valence-electron chi connectivity index (χ4n) is 2.88. The number of ether oxygens (including phenoxy) is 1. The summed E-state index contributed by atoms with van der Waals surface area (Å²) in [6, 6.07) is 1.17.